The zero-order valence-corrected chi connectivity index (χ0v) is 13.1. The van der Waals surface area contributed by atoms with Crippen LogP contribution in [0.15, 0.2) is 18.2 Å². The molecule has 1 heterocycles. The third kappa shape index (κ3) is 4.13. The van der Waals surface area contributed by atoms with E-state index >= 15 is 0 Å². The molecule has 1 amide bonds. The van der Waals surface area contributed by atoms with E-state index in [9.17, 15) is 4.79 Å². The van der Waals surface area contributed by atoms with Gasteiger partial charge in [-0.05, 0) is 57.2 Å². The molecule has 0 aromatic heterocycles. The number of nitrogens with two attached hydrogens (primary N) is 1. The van der Waals surface area contributed by atoms with Crippen molar-refractivity contribution < 1.29 is 9.53 Å². The van der Waals surface area contributed by atoms with Gasteiger partial charge in [-0.1, -0.05) is 6.07 Å². The van der Waals surface area contributed by atoms with E-state index < -0.39 is 0 Å². The van der Waals surface area contributed by atoms with Crippen LogP contribution in [0.3, 0.4) is 0 Å². The number of ether oxygens (including phenoxy) is 1. The highest BCUT2D eigenvalue weighted by Gasteiger charge is 2.22. The molecular formula is C17H26N2O2. The van der Waals surface area contributed by atoms with E-state index in [-0.39, 0.29) is 5.91 Å². The lowest BCUT2D eigenvalue weighted by Gasteiger charge is -2.33. The molecule has 0 saturated carbocycles. The van der Waals surface area contributed by atoms with Gasteiger partial charge in [-0.2, -0.15) is 0 Å². The summed E-state index contributed by atoms with van der Waals surface area (Å²) in [6.45, 7) is 5.60. The number of anilines is 1. The van der Waals surface area contributed by atoms with Gasteiger partial charge >= 0.3 is 0 Å². The Balaban J connectivity index is 1.90. The number of hydrogen-bond donors (Lipinski definition) is 1. The molecular weight excluding hydrogens is 264 g/mol. The topological polar surface area (TPSA) is 55.6 Å². The van der Waals surface area contributed by atoms with Gasteiger partial charge in [0.05, 0.1) is 12.3 Å². The average Bonchev–Trinajstić information content (AvgIpc) is 2.48. The van der Waals surface area contributed by atoms with E-state index in [0.29, 0.717) is 24.8 Å². The second kappa shape index (κ2) is 7.34. The van der Waals surface area contributed by atoms with E-state index in [4.69, 9.17) is 10.5 Å². The van der Waals surface area contributed by atoms with Gasteiger partial charge in [-0.25, -0.2) is 0 Å². The molecule has 1 aromatic rings. The first-order valence-electron chi connectivity index (χ1n) is 7.92. The van der Waals surface area contributed by atoms with Gasteiger partial charge in [-0.3, -0.25) is 4.79 Å². The van der Waals surface area contributed by atoms with Gasteiger partial charge in [-0.15, -0.1) is 0 Å². The summed E-state index contributed by atoms with van der Waals surface area (Å²) >= 11 is 0. The molecule has 21 heavy (non-hydrogen) atoms. The summed E-state index contributed by atoms with van der Waals surface area (Å²) in [6, 6.07) is 6.19. The number of amides is 1. The molecule has 116 valence electrons. The largest absolute Gasteiger partial charge is 0.492 e. The smallest absolute Gasteiger partial charge is 0.223 e. The minimum absolute atomic E-state index is 0.259. The Morgan fingerprint density at radius 1 is 1.43 bits per heavy atom. The van der Waals surface area contributed by atoms with Crippen LogP contribution in [0.25, 0.3) is 0 Å². The number of carbonyl (C=O) groups is 1. The first-order valence-corrected chi connectivity index (χ1v) is 7.92. The third-order valence-electron chi connectivity index (χ3n) is 4.12. The number of benzene rings is 1. The van der Waals surface area contributed by atoms with Gasteiger partial charge in [0, 0.05) is 19.0 Å². The second-order valence-corrected chi connectivity index (χ2v) is 5.74. The fourth-order valence-electron chi connectivity index (χ4n) is 2.90. The molecule has 4 nitrogen and oxygen atoms in total. The fraction of sp³-hybridized carbons (Fsp3) is 0.588. The normalized spacial score (nSPS) is 18.6. The zero-order chi connectivity index (χ0) is 15.2. The van der Waals surface area contributed by atoms with Gasteiger partial charge in [0.25, 0.3) is 0 Å². The summed E-state index contributed by atoms with van der Waals surface area (Å²) < 4.78 is 5.43. The summed E-state index contributed by atoms with van der Waals surface area (Å²) in [7, 11) is 0. The van der Waals surface area contributed by atoms with Crippen molar-refractivity contribution in [3.63, 3.8) is 0 Å². The number of nitrogen functional groups attached to an aromatic ring is 1. The minimum atomic E-state index is 0.259. The van der Waals surface area contributed by atoms with E-state index in [1.54, 1.807) is 0 Å². The lowest BCUT2D eigenvalue weighted by molar-refractivity contribution is -0.134. The van der Waals surface area contributed by atoms with E-state index in [1.807, 2.05) is 30.0 Å². The maximum Gasteiger partial charge on any atom is 0.223 e. The van der Waals surface area contributed by atoms with E-state index in [2.05, 4.69) is 6.92 Å². The fourth-order valence-corrected chi connectivity index (χ4v) is 2.90. The van der Waals surface area contributed by atoms with Crippen molar-refractivity contribution in [2.75, 3.05) is 18.9 Å². The molecule has 0 aliphatic carbocycles. The second-order valence-electron chi connectivity index (χ2n) is 5.74. The first-order chi connectivity index (χ1) is 10.1. The van der Waals surface area contributed by atoms with Gasteiger partial charge in [0.15, 0.2) is 0 Å². The quantitative estimate of drug-likeness (QED) is 0.848. The summed E-state index contributed by atoms with van der Waals surface area (Å²) in [6.07, 6.45) is 4.78. The van der Waals surface area contributed by atoms with Crippen LogP contribution in [0.2, 0.25) is 0 Å². The van der Waals surface area contributed by atoms with Crippen molar-refractivity contribution in [3.8, 4) is 5.75 Å². The van der Waals surface area contributed by atoms with Gasteiger partial charge in [0.1, 0.15) is 5.75 Å². The molecule has 1 fully saturated rings. The monoisotopic (exact) mass is 290 g/mol. The van der Waals surface area contributed by atoms with Crippen molar-refractivity contribution in [2.45, 2.75) is 52.0 Å². The minimum Gasteiger partial charge on any atom is -0.492 e. The SMILES string of the molecule is CCOc1ccc(CCC(=O)N2CCCCC2C)cc1N. The van der Waals surface area contributed by atoms with E-state index in [0.717, 1.165) is 37.1 Å². The molecule has 0 radical (unpaired) electrons. The number of hydrogen-bond acceptors (Lipinski definition) is 3. The number of likely N-dealkylation sites (tertiary alicyclic amines) is 1. The molecule has 4 heteroatoms. The highest BCUT2D eigenvalue weighted by molar-refractivity contribution is 5.77. The number of piperidine rings is 1. The molecule has 2 N–H and O–H groups in total. The molecule has 1 atom stereocenters. The summed E-state index contributed by atoms with van der Waals surface area (Å²) in [5.74, 6) is 0.979. The van der Waals surface area contributed by atoms with Crippen molar-refractivity contribution in [1.29, 1.82) is 0 Å². The van der Waals surface area contributed by atoms with Crippen LogP contribution in [0.1, 0.15) is 45.1 Å². The Kier molecular flexibility index (Phi) is 5.48. The Hall–Kier alpha value is -1.71. The van der Waals surface area contributed by atoms with Crippen molar-refractivity contribution in [1.82, 2.24) is 4.90 Å². The van der Waals surface area contributed by atoms with E-state index in [1.165, 1.54) is 6.42 Å². The lowest BCUT2D eigenvalue weighted by Crippen LogP contribution is -2.42. The Morgan fingerprint density at radius 2 is 2.24 bits per heavy atom. The Morgan fingerprint density at radius 3 is 2.90 bits per heavy atom. The van der Waals surface area contributed by atoms with Crippen molar-refractivity contribution in [2.24, 2.45) is 0 Å². The van der Waals surface area contributed by atoms with Crippen molar-refractivity contribution >= 4 is 11.6 Å². The highest BCUT2D eigenvalue weighted by atomic mass is 16.5. The van der Waals surface area contributed by atoms with Crippen LogP contribution >= 0.6 is 0 Å². The molecule has 0 spiro atoms. The molecule has 1 aliphatic rings. The van der Waals surface area contributed by atoms with Crippen LogP contribution in [0, 0.1) is 0 Å². The zero-order valence-electron chi connectivity index (χ0n) is 13.1. The number of nitrogens with zero attached hydrogens (tertiary/aromatic N) is 1. The van der Waals surface area contributed by atoms with Crippen LogP contribution < -0.4 is 10.5 Å². The summed E-state index contributed by atoms with van der Waals surface area (Å²) in [5, 5.41) is 0. The molecule has 1 saturated heterocycles. The molecule has 1 aliphatic heterocycles. The van der Waals surface area contributed by atoms with Crippen LogP contribution in [-0.4, -0.2) is 30.0 Å². The molecule has 0 bridgehead atoms. The molecule has 1 aromatic carbocycles. The third-order valence-corrected chi connectivity index (χ3v) is 4.12. The van der Waals surface area contributed by atoms with Gasteiger partial charge in [0.2, 0.25) is 5.91 Å². The standard InChI is InChI=1S/C17H26N2O2/c1-3-21-16-9-7-14(12-15(16)18)8-10-17(20)19-11-5-4-6-13(19)2/h7,9,12-13H,3-6,8,10-11,18H2,1-2H3. The Bertz CT molecular complexity index is 488. The average molecular weight is 290 g/mol. The van der Waals surface area contributed by atoms with Crippen LogP contribution in [0.4, 0.5) is 5.69 Å². The number of carbonyl (C=O) groups excluding carboxylic acids is 1. The predicted molar refractivity (Wildman–Crippen MR) is 85.4 cm³/mol. The maximum absolute atomic E-state index is 12.3. The van der Waals surface area contributed by atoms with Crippen LogP contribution in [0.5, 0.6) is 5.75 Å². The number of aryl methyl sites for hydroxylation is 1. The lowest BCUT2D eigenvalue weighted by atomic mass is 10.0. The number of rotatable bonds is 5. The van der Waals surface area contributed by atoms with Gasteiger partial charge < -0.3 is 15.4 Å². The first kappa shape index (κ1) is 15.7. The highest BCUT2D eigenvalue weighted by Crippen LogP contribution is 2.24. The van der Waals surface area contributed by atoms with Crippen LogP contribution in [-0.2, 0) is 11.2 Å². The van der Waals surface area contributed by atoms with Crippen molar-refractivity contribution in [3.05, 3.63) is 23.8 Å². The molecule has 2 rings (SSSR count). The summed E-state index contributed by atoms with van der Waals surface area (Å²) in [4.78, 5) is 14.3. The maximum atomic E-state index is 12.3. The summed E-state index contributed by atoms with van der Waals surface area (Å²) in [5.41, 5.74) is 7.70. The molecule has 1 unspecified atom stereocenters. The predicted octanol–water partition coefficient (Wildman–Crippen LogP) is 3.00. The Labute approximate surface area is 127 Å².